The van der Waals surface area contributed by atoms with Crippen molar-refractivity contribution in [3.8, 4) is 6.07 Å². The van der Waals surface area contributed by atoms with E-state index in [9.17, 15) is 4.79 Å². The molecule has 4 nitrogen and oxygen atoms in total. The summed E-state index contributed by atoms with van der Waals surface area (Å²) in [5.41, 5.74) is 0.747. The van der Waals surface area contributed by atoms with Crippen molar-refractivity contribution in [3.63, 3.8) is 0 Å². The zero-order valence-corrected chi connectivity index (χ0v) is 13.2. The molecule has 0 aliphatic heterocycles. The molecule has 0 fully saturated rings. The molecule has 21 heavy (non-hydrogen) atoms. The van der Waals surface area contributed by atoms with Crippen LogP contribution in [0.15, 0.2) is 30.3 Å². The molecular weight excluding hydrogens is 262 g/mol. The van der Waals surface area contributed by atoms with Gasteiger partial charge in [0.05, 0.1) is 6.07 Å². The van der Waals surface area contributed by atoms with Crippen LogP contribution in [0.4, 0.5) is 0 Å². The maximum absolute atomic E-state index is 12.0. The molecule has 114 valence electrons. The maximum Gasteiger partial charge on any atom is 0.241 e. The molecule has 1 aromatic rings. The molecule has 1 aromatic carbocycles. The molecule has 1 rings (SSSR count). The lowest BCUT2D eigenvalue weighted by Gasteiger charge is -2.20. The molecule has 0 saturated carbocycles. The second kappa shape index (κ2) is 9.15. The fourth-order valence-electron chi connectivity index (χ4n) is 1.99. The number of benzene rings is 1. The molecule has 1 amide bonds. The van der Waals surface area contributed by atoms with E-state index in [0.717, 1.165) is 24.9 Å². The van der Waals surface area contributed by atoms with Crippen molar-refractivity contribution in [2.45, 2.75) is 38.6 Å². The minimum Gasteiger partial charge on any atom is -0.355 e. The third-order valence-electron chi connectivity index (χ3n) is 3.64. The summed E-state index contributed by atoms with van der Waals surface area (Å²) in [7, 11) is 2.10. The number of carbonyl (C=O) groups is 1. The predicted octanol–water partition coefficient (Wildman–Crippen LogP) is 2.53. The fraction of sp³-hybridized carbons (Fsp3) is 0.529. The molecule has 0 spiro atoms. The van der Waals surface area contributed by atoms with Gasteiger partial charge in [-0.2, -0.15) is 5.26 Å². The van der Waals surface area contributed by atoms with Crippen LogP contribution in [-0.2, 0) is 4.79 Å². The monoisotopic (exact) mass is 287 g/mol. The van der Waals surface area contributed by atoms with E-state index in [4.69, 9.17) is 5.26 Å². The first-order valence-corrected chi connectivity index (χ1v) is 7.48. The minimum absolute atomic E-state index is 0.207. The fourth-order valence-corrected chi connectivity index (χ4v) is 1.99. The molecule has 0 radical (unpaired) electrons. The topological polar surface area (TPSA) is 56.1 Å². The van der Waals surface area contributed by atoms with Gasteiger partial charge in [0.1, 0.15) is 5.92 Å². The Morgan fingerprint density at radius 3 is 2.52 bits per heavy atom. The van der Waals surface area contributed by atoms with Gasteiger partial charge in [0.15, 0.2) is 0 Å². The molecule has 0 aromatic heterocycles. The summed E-state index contributed by atoms with van der Waals surface area (Å²) in [6, 6.07) is 11.8. The average Bonchev–Trinajstić information content (AvgIpc) is 2.48. The van der Waals surface area contributed by atoms with Gasteiger partial charge in [-0.1, -0.05) is 30.3 Å². The van der Waals surface area contributed by atoms with Gasteiger partial charge in [-0.3, -0.25) is 4.79 Å². The number of hydrogen-bond donors (Lipinski definition) is 1. The Kier molecular flexibility index (Phi) is 7.49. The number of carbonyl (C=O) groups excluding carboxylic acids is 1. The van der Waals surface area contributed by atoms with Crippen molar-refractivity contribution in [3.05, 3.63) is 35.9 Å². The highest BCUT2D eigenvalue weighted by atomic mass is 16.1. The van der Waals surface area contributed by atoms with Gasteiger partial charge in [0.2, 0.25) is 5.91 Å². The number of nitrogens with zero attached hydrogens (tertiary/aromatic N) is 2. The number of amides is 1. The van der Waals surface area contributed by atoms with Crippen LogP contribution in [0.25, 0.3) is 0 Å². The standard InChI is InChI=1S/C17H25N3O/c1-14(2)20(3)12-8-7-11-19-17(21)16(13-18)15-9-5-4-6-10-15/h4-6,9-10,14,16H,7-8,11-12H2,1-3H3,(H,19,21). The summed E-state index contributed by atoms with van der Waals surface area (Å²) < 4.78 is 0. The third-order valence-corrected chi connectivity index (χ3v) is 3.64. The molecule has 1 atom stereocenters. The molecule has 1 unspecified atom stereocenters. The molecule has 0 bridgehead atoms. The third kappa shape index (κ3) is 5.97. The van der Waals surface area contributed by atoms with Crippen LogP contribution in [0.2, 0.25) is 0 Å². The summed E-state index contributed by atoms with van der Waals surface area (Å²) in [5, 5.41) is 12.0. The maximum atomic E-state index is 12.0. The summed E-state index contributed by atoms with van der Waals surface area (Å²) in [6.45, 7) is 5.97. The van der Waals surface area contributed by atoms with Gasteiger partial charge >= 0.3 is 0 Å². The van der Waals surface area contributed by atoms with Crippen molar-refractivity contribution >= 4 is 5.91 Å². The van der Waals surface area contributed by atoms with Crippen LogP contribution in [0.1, 0.15) is 38.2 Å². The van der Waals surface area contributed by atoms with E-state index in [-0.39, 0.29) is 5.91 Å². The van der Waals surface area contributed by atoms with Crippen LogP contribution in [0.3, 0.4) is 0 Å². The molecular formula is C17H25N3O. The second-order valence-electron chi connectivity index (χ2n) is 5.55. The van der Waals surface area contributed by atoms with Crippen LogP contribution in [0, 0.1) is 11.3 Å². The number of rotatable bonds is 8. The minimum atomic E-state index is -0.718. The number of unbranched alkanes of at least 4 members (excludes halogenated alkanes) is 1. The van der Waals surface area contributed by atoms with E-state index >= 15 is 0 Å². The number of hydrogen-bond acceptors (Lipinski definition) is 3. The lowest BCUT2D eigenvalue weighted by Crippen LogP contribution is -2.31. The lowest BCUT2D eigenvalue weighted by molar-refractivity contribution is -0.121. The van der Waals surface area contributed by atoms with E-state index in [0.29, 0.717) is 12.6 Å². The van der Waals surface area contributed by atoms with E-state index in [1.165, 1.54) is 0 Å². The Morgan fingerprint density at radius 1 is 1.29 bits per heavy atom. The summed E-state index contributed by atoms with van der Waals surface area (Å²) in [6.07, 6.45) is 1.97. The SMILES string of the molecule is CC(C)N(C)CCCCNC(=O)C(C#N)c1ccccc1. The summed E-state index contributed by atoms with van der Waals surface area (Å²) >= 11 is 0. The van der Waals surface area contributed by atoms with Gasteiger partial charge < -0.3 is 10.2 Å². The highest BCUT2D eigenvalue weighted by Crippen LogP contribution is 2.14. The van der Waals surface area contributed by atoms with E-state index in [1.807, 2.05) is 30.3 Å². The number of nitriles is 1. The molecule has 4 heteroatoms. The molecule has 0 aliphatic rings. The van der Waals surface area contributed by atoms with E-state index in [1.54, 1.807) is 0 Å². The Morgan fingerprint density at radius 2 is 1.95 bits per heavy atom. The van der Waals surface area contributed by atoms with Gasteiger partial charge in [-0.15, -0.1) is 0 Å². The lowest BCUT2D eigenvalue weighted by atomic mass is 10.00. The average molecular weight is 287 g/mol. The van der Waals surface area contributed by atoms with E-state index < -0.39 is 5.92 Å². The van der Waals surface area contributed by atoms with Gasteiger partial charge in [-0.05, 0) is 45.8 Å². The highest BCUT2D eigenvalue weighted by molar-refractivity contribution is 5.86. The van der Waals surface area contributed by atoms with Gasteiger partial charge in [0.25, 0.3) is 0 Å². The van der Waals surface area contributed by atoms with Gasteiger partial charge in [0, 0.05) is 12.6 Å². The van der Waals surface area contributed by atoms with Crippen LogP contribution in [-0.4, -0.2) is 37.0 Å². The first kappa shape index (κ1) is 17.2. The Labute approximate surface area is 127 Å². The normalized spacial score (nSPS) is 12.2. The molecule has 1 N–H and O–H groups in total. The van der Waals surface area contributed by atoms with Gasteiger partial charge in [-0.25, -0.2) is 0 Å². The molecule has 0 saturated heterocycles. The highest BCUT2D eigenvalue weighted by Gasteiger charge is 2.19. The Balaban J connectivity index is 2.32. The quantitative estimate of drug-likeness (QED) is 0.748. The zero-order chi connectivity index (χ0) is 15.7. The van der Waals surface area contributed by atoms with Crippen molar-refractivity contribution < 1.29 is 4.79 Å². The van der Waals surface area contributed by atoms with Crippen molar-refractivity contribution in [1.29, 1.82) is 5.26 Å². The van der Waals surface area contributed by atoms with Crippen LogP contribution in [0.5, 0.6) is 0 Å². The largest absolute Gasteiger partial charge is 0.355 e. The first-order chi connectivity index (χ1) is 10.1. The smallest absolute Gasteiger partial charge is 0.241 e. The molecule has 0 aliphatic carbocycles. The van der Waals surface area contributed by atoms with Crippen molar-refractivity contribution in [1.82, 2.24) is 10.2 Å². The van der Waals surface area contributed by atoms with Crippen LogP contribution >= 0.6 is 0 Å². The summed E-state index contributed by atoms with van der Waals surface area (Å²) in [5.74, 6) is -0.926. The predicted molar refractivity (Wildman–Crippen MR) is 84.8 cm³/mol. The number of nitrogens with one attached hydrogen (secondary N) is 1. The zero-order valence-electron chi connectivity index (χ0n) is 13.2. The second-order valence-corrected chi connectivity index (χ2v) is 5.55. The van der Waals surface area contributed by atoms with Crippen LogP contribution < -0.4 is 5.32 Å². The first-order valence-electron chi connectivity index (χ1n) is 7.48. The van der Waals surface area contributed by atoms with E-state index in [2.05, 4.69) is 37.2 Å². The Bertz CT molecular complexity index is 465. The molecule has 0 heterocycles. The van der Waals surface area contributed by atoms with Crippen molar-refractivity contribution in [2.24, 2.45) is 0 Å². The Hall–Kier alpha value is -1.86. The summed E-state index contributed by atoms with van der Waals surface area (Å²) in [4.78, 5) is 14.3. The van der Waals surface area contributed by atoms with Crippen molar-refractivity contribution in [2.75, 3.05) is 20.1 Å².